The number of alkyl halides is 1. The second kappa shape index (κ2) is 6.02. The molecule has 0 saturated carbocycles. The molecule has 0 amide bonds. The normalized spacial score (nSPS) is 14.2. The minimum atomic E-state index is 0.347. The lowest BCUT2D eigenvalue weighted by atomic mass is 9.95. The largest absolute Gasteiger partial charge is 0.268 e. The average molecular weight is 343 g/mol. The number of hydrogen-bond donors (Lipinski definition) is 0. The fraction of sp³-hybridized carbons (Fsp3) is 0.278. The molecule has 3 heteroatoms. The van der Waals surface area contributed by atoms with E-state index in [9.17, 15) is 0 Å². The summed E-state index contributed by atoms with van der Waals surface area (Å²) in [5.41, 5.74) is 3.71. The van der Waals surface area contributed by atoms with Crippen molar-refractivity contribution in [1.29, 1.82) is 0 Å². The number of benzene rings is 2. The summed E-state index contributed by atoms with van der Waals surface area (Å²) in [6.07, 6.45) is 0.964. The van der Waals surface area contributed by atoms with Crippen molar-refractivity contribution in [2.75, 3.05) is 0 Å². The number of hydrogen-bond acceptors (Lipinski definition) is 1. The Bertz CT molecular complexity index is 733. The Morgan fingerprint density at radius 2 is 1.71 bits per heavy atom. The standard InChI is InChI=1S/C18H19BrN2/c1-13(18(19)14-8-4-3-5-9-14)12-16-15-10-6-7-11-17(15)21(2)20-16/h3-11,13,18H,12H2,1-2H3. The predicted molar refractivity (Wildman–Crippen MR) is 91.7 cm³/mol. The number of para-hydroxylation sites is 1. The molecule has 0 aliphatic rings. The molecule has 2 atom stereocenters. The zero-order valence-corrected chi connectivity index (χ0v) is 13.9. The number of nitrogens with zero attached hydrogens (tertiary/aromatic N) is 2. The lowest BCUT2D eigenvalue weighted by molar-refractivity contribution is 0.560. The van der Waals surface area contributed by atoms with Crippen LogP contribution in [0.5, 0.6) is 0 Å². The molecule has 2 aromatic carbocycles. The first kappa shape index (κ1) is 14.3. The first-order chi connectivity index (χ1) is 10.2. The van der Waals surface area contributed by atoms with Crippen molar-refractivity contribution in [2.24, 2.45) is 13.0 Å². The van der Waals surface area contributed by atoms with Crippen molar-refractivity contribution < 1.29 is 0 Å². The summed E-state index contributed by atoms with van der Waals surface area (Å²) in [6, 6.07) is 19.0. The van der Waals surface area contributed by atoms with Gasteiger partial charge in [0, 0.05) is 17.3 Å². The van der Waals surface area contributed by atoms with Crippen molar-refractivity contribution in [3.63, 3.8) is 0 Å². The summed E-state index contributed by atoms with van der Waals surface area (Å²) >= 11 is 3.85. The Morgan fingerprint density at radius 3 is 2.48 bits per heavy atom. The average Bonchev–Trinajstić information content (AvgIpc) is 2.84. The van der Waals surface area contributed by atoms with Crippen molar-refractivity contribution in [1.82, 2.24) is 9.78 Å². The van der Waals surface area contributed by atoms with E-state index in [1.54, 1.807) is 0 Å². The maximum Gasteiger partial charge on any atom is 0.0706 e. The van der Waals surface area contributed by atoms with E-state index in [0.29, 0.717) is 10.7 Å². The van der Waals surface area contributed by atoms with E-state index in [2.05, 4.69) is 77.5 Å². The summed E-state index contributed by atoms with van der Waals surface area (Å²) in [7, 11) is 2.01. The van der Waals surface area contributed by atoms with Crippen molar-refractivity contribution in [3.05, 3.63) is 65.9 Å². The summed E-state index contributed by atoms with van der Waals surface area (Å²) < 4.78 is 1.98. The van der Waals surface area contributed by atoms with Gasteiger partial charge >= 0.3 is 0 Å². The van der Waals surface area contributed by atoms with Crippen LogP contribution < -0.4 is 0 Å². The molecular formula is C18H19BrN2. The Kier molecular flexibility index (Phi) is 4.11. The Hall–Kier alpha value is -1.61. The van der Waals surface area contributed by atoms with E-state index in [1.165, 1.54) is 22.2 Å². The lowest BCUT2D eigenvalue weighted by Crippen LogP contribution is -2.08. The quantitative estimate of drug-likeness (QED) is 0.617. The summed E-state index contributed by atoms with van der Waals surface area (Å²) in [5.74, 6) is 0.478. The van der Waals surface area contributed by atoms with Gasteiger partial charge in [-0.2, -0.15) is 5.10 Å². The van der Waals surface area contributed by atoms with Crippen LogP contribution in [0.25, 0.3) is 10.9 Å². The number of aryl methyl sites for hydroxylation is 1. The third-order valence-corrected chi connectivity index (χ3v) is 5.40. The van der Waals surface area contributed by atoms with E-state index in [1.807, 2.05) is 11.7 Å². The van der Waals surface area contributed by atoms with Crippen LogP contribution in [-0.2, 0) is 13.5 Å². The first-order valence-electron chi connectivity index (χ1n) is 7.26. The van der Waals surface area contributed by atoms with Crippen LogP contribution >= 0.6 is 15.9 Å². The van der Waals surface area contributed by atoms with Crippen LogP contribution in [0.3, 0.4) is 0 Å². The van der Waals surface area contributed by atoms with Gasteiger partial charge in [-0.1, -0.05) is 71.4 Å². The molecule has 3 rings (SSSR count). The first-order valence-corrected chi connectivity index (χ1v) is 8.18. The smallest absolute Gasteiger partial charge is 0.0706 e. The van der Waals surface area contributed by atoms with Crippen LogP contribution in [0.15, 0.2) is 54.6 Å². The third-order valence-electron chi connectivity index (χ3n) is 3.97. The van der Waals surface area contributed by atoms with Gasteiger partial charge in [-0.3, -0.25) is 4.68 Å². The Morgan fingerprint density at radius 1 is 1.05 bits per heavy atom. The van der Waals surface area contributed by atoms with E-state index in [0.717, 1.165) is 6.42 Å². The molecule has 108 valence electrons. The molecule has 0 fully saturated rings. The van der Waals surface area contributed by atoms with Crippen LogP contribution in [0.1, 0.15) is 23.0 Å². The summed E-state index contributed by atoms with van der Waals surface area (Å²) in [5, 5.41) is 5.97. The second-order valence-corrected chi connectivity index (χ2v) is 6.57. The minimum absolute atomic E-state index is 0.347. The molecule has 0 saturated heterocycles. The van der Waals surface area contributed by atoms with Crippen molar-refractivity contribution >= 4 is 26.8 Å². The number of fused-ring (bicyclic) bond motifs is 1. The van der Waals surface area contributed by atoms with Gasteiger partial charge < -0.3 is 0 Å². The molecule has 2 nitrogen and oxygen atoms in total. The summed E-state index contributed by atoms with van der Waals surface area (Å²) in [6.45, 7) is 2.27. The van der Waals surface area contributed by atoms with Crippen LogP contribution in [0, 0.1) is 5.92 Å². The zero-order valence-electron chi connectivity index (χ0n) is 12.3. The predicted octanol–water partition coefficient (Wildman–Crippen LogP) is 4.89. The fourth-order valence-corrected chi connectivity index (χ4v) is 3.31. The van der Waals surface area contributed by atoms with E-state index < -0.39 is 0 Å². The molecule has 21 heavy (non-hydrogen) atoms. The molecule has 0 N–H and O–H groups in total. The highest BCUT2D eigenvalue weighted by Crippen LogP contribution is 2.33. The van der Waals surface area contributed by atoms with Gasteiger partial charge in [0.25, 0.3) is 0 Å². The molecular weight excluding hydrogens is 324 g/mol. The number of rotatable bonds is 4. The van der Waals surface area contributed by atoms with Gasteiger partial charge in [-0.15, -0.1) is 0 Å². The highest BCUT2D eigenvalue weighted by molar-refractivity contribution is 9.09. The van der Waals surface area contributed by atoms with Gasteiger partial charge in [0.2, 0.25) is 0 Å². The number of halogens is 1. The van der Waals surface area contributed by atoms with Crippen molar-refractivity contribution in [2.45, 2.75) is 18.2 Å². The molecule has 0 aliphatic heterocycles. The molecule has 0 aliphatic carbocycles. The minimum Gasteiger partial charge on any atom is -0.268 e. The van der Waals surface area contributed by atoms with Gasteiger partial charge in [0.1, 0.15) is 0 Å². The monoisotopic (exact) mass is 342 g/mol. The molecule has 1 aromatic heterocycles. The van der Waals surface area contributed by atoms with Crippen molar-refractivity contribution in [3.8, 4) is 0 Å². The fourth-order valence-electron chi connectivity index (χ4n) is 2.81. The molecule has 0 spiro atoms. The maximum atomic E-state index is 4.70. The second-order valence-electron chi connectivity index (χ2n) is 5.58. The highest BCUT2D eigenvalue weighted by atomic mass is 79.9. The van der Waals surface area contributed by atoms with E-state index in [-0.39, 0.29) is 0 Å². The molecule has 2 unspecified atom stereocenters. The lowest BCUT2D eigenvalue weighted by Gasteiger charge is -2.18. The van der Waals surface area contributed by atoms with E-state index >= 15 is 0 Å². The van der Waals surface area contributed by atoms with Gasteiger partial charge in [-0.25, -0.2) is 0 Å². The van der Waals surface area contributed by atoms with E-state index in [4.69, 9.17) is 5.10 Å². The molecule has 1 heterocycles. The Balaban J connectivity index is 1.85. The molecule has 0 bridgehead atoms. The summed E-state index contributed by atoms with van der Waals surface area (Å²) in [4.78, 5) is 0.347. The molecule has 3 aromatic rings. The SMILES string of the molecule is CC(Cc1nn(C)c2ccccc12)C(Br)c1ccccc1. The molecule has 0 radical (unpaired) electrons. The third kappa shape index (κ3) is 2.88. The highest BCUT2D eigenvalue weighted by Gasteiger charge is 2.19. The van der Waals surface area contributed by atoms with Gasteiger partial charge in [0.15, 0.2) is 0 Å². The van der Waals surface area contributed by atoms with Crippen LogP contribution in [-0.4, -0.2) is 9.78 Å². The van der Waals surface area contributed by atoms with Gasteiger partial charge in [-0.05, 0) is 24.0 Å². The van der Waals surface area contributed by atoms with Crippen LogP contribution in [0.2, 0.25) is 0 Å². The Labute approximate surface area is 133 Å². The maximum absolute atomic E-state index is 4.70. The number of aromatic nitrogens is 2. The van der Waals surface area contributed by atoms with Gasteiger partial charge in [0.05, 0.1) is 11.2 Å². The topological polar surface area (TPSA) is 17.8 Å². The zero-order chi connectivity index (χ0) is 14.8. The van der Waals surface area contributed by atoms with Crippen LogP contribution in [0.4, 0.5) is 0 Å².